The first-order valence-electron chi connectivity index (χ1n) is 7.67. The number of hydrogen-bond donors (Lipinski definition) is 1. The summed E-state index contributed by atoms with van der Waals surface area (Å²) in [5.41, 5.74) is 0.457. The summed E-state index contributed by atoms with van der Waals surface area (Å²) in [4.78, 5) is 12.0. The second-order valence-electron chi connectivity index (χ2n) is 5.78. The van der Waals surface area contributed by atoms with Crippen molar-refractivity contribution >= 4 is 33.2 Å². The summed E-state index contributed by atoms with van der Waals surface area (Å²) in [7, 11) is -3.69. The second-order valence-corrected chi connectivity index (χ2v) is 8.09. The van der Waals surface area contributed by atoms with E-state index in [-0.39, 0.29) is 21.7 Å². The number of nitrogens with one attached hydrogen (secondary N) is 1. The Kier molecular flexibility index (Phi) is 4.91. The molecular formula is C15H19ClN2O4S. The topological polar surface area (TPSA) is 75.7 Å². The lowest BCUT2D eigenvalue weighted by Crippen LogP contribution is -2.40. The summed E-state index contributed by atoms with van der Waals surface area (Å²) in [6, 6.07) is 4.56. The molecule has 1 heterocycles. The van der Waals surface area contributed by atoms with Crippen LogP contribution in [0.2, 0.25) is 5.02 Å². The molecule has 1 aromatic carbocycles. The molecule has 126 valence electrons. The van der Waals surface area contributed by atoms with Gasteiger partial charge >= 0.3 is 0 Å². The predicted molar refractivity (Wildman–Crippen MR) is 87.0 cm³/mol. The third kappa shape index (κ3) is 3.52. The Balaban J connectivity index is 1.83. The minimum atomic E-state index is -3.69. The Hall–Kier alpha value is -1.15. The van der Waals surface area contributed by atoms with Crippen LogP contribution >= 0.6 is 11.6 Å². The zero-order chi connectivity index (χ0) is 16.4. The summed E-state index contributed by atoms with van der Waals surface area (Å²) in [5, 5.41) is 2.93. The number of carbonyl (C=O) groups excluding carboxylic acids is 1. The molecule has 0 aromatic heterocycles. The van der Waals surface area contributed by atoms with E-state index in [4.69, 9.17) is 16.3 Å². The molecule has 1 saturated heterocycles. The van der Waals surface area contributed by atoms with Gasteiger partial charge in [0.25, 0.3) is 0 Å². The van der Waals surface area contributed by atoms with E-state index >= 15 is 0 Å². The van der Waals surface area contributed by atoms with Gasteiger partial charge in [-0.05, 0) is 31.0 Å². The Morgan fingerprint density at radius 3 is 2.57 bits per heavy atom. The smallest absolute Gasteiger partial charge is 0.244 e. The monoisotopic (exact) mass is 358 g/mol. The van der Waals surface area contributed by atoms with Crippen molar-refractivity contribution in [2.24, 2.45) is 5.92 Å². The van der Waals surface area contributed by atoms with Crippen LogP contribution < -0.4 is 5.32 Å². The third-order valence-electron chi connectivity index (χ3n) is 4.26. The van der Waals surface area contributed by atoms with Gasteiger partial charge in [-0.1, -0.05) is 18.0 Å². The van der Waals surface area contributed by atoms with Crippen molar-refractivity contribution in [2.75, 3.05) is 31.6 Å². The molecule has 3 rings (SSSR count). The van der Waals surface area contributed by atoms with Gasteiger partial charge in [0.15, 0.2) is 0 Å². The first-order valence-corrected chi connectivity index (χ1v) is 9.48. The van der Waals surface area contributed by atoms with Crippen molar-refractivity contribution in [1.82, 2.24) is 4.31 Å². The van der Waals surface area contributed by atoms with Crippen LogP contribution in [0.25, 0.3) is 0 Å². The molecule has 2 fully saturated rings. The number of nitrogens with zero attached hydrogens (tertiary/aromatic N) is 1. The van der Waals surface area contributed by atoms with Crippen LogP contribution in [0.3, 0.4) is 0 Å². The van der Waals surface area contributed by atoms with Gasteiger partial charge in [0.05, 0.1) is 18.2 Å². The Bertz CT molecular complexity index is 697. The highest BCUT2D eigenvalue weighted by Gasteiger charge is 2.29. The second kappa shape index (κ2) is 6.76. The number of anilines is 1. The Labute approximate surface area is 140 Å². The maximum Gasteiger partial charge on any atom is 0.244 e. The van der Waals surface area contributed by atoms with Crippen LogP contribution in [-0.4, -0.2) is 44.9 Å². The predicted octanol–water partition coefficient (Wildman–Crippen LogP) is 2.10. The number of carbonyl (C=O) groups is 1. The number of benzene rings is 1. The van der Waals surface area contributed by atoms with Crippen molar-refractivity contribution < 1.29 is 17.9 Å². The molecule has 1 saturated carbocycles. The lowest BCUT2D eigenvalue weighted by atomic mass is 9.85. The lowest BCUT2D eigenvalue weighted by molar-refractivity contribution is -0.122. The van der Waals surface area contributed by atoms with Crippen LogP contribution in [0.1, 0.15) is 19.3 Å². The van der Waals surface area contributed by atoms with Gasteiger partial charge in [0, 0.05) is 24.7 Å². The molecule has 0 bridgehead atoms. The minimum Gasteiger partial charge on any atom is -0.379 e. The zero-order valence-electron chi connectivity index (χ0n) is 12.6. The first-order chi connectivity index (χ1) is 11.0. The molecule has 1 amide bonds. The van der Waals surface area contributed by atoms with E-state index in [0.717, 1.165) is 19.3 Å². The average molecular weight is 359 g/mol. The quantitative estimate of drug-likeness (QED) is 0.894. The molecule has 1 aliphatic carbocycles. The number of ether oxygens (including phenoxy) is 1. The summed E-state index contributed by atoms with van der Waals surface area (Å²) in [5.74, 6) is -0.0294. The highest BCUT2D eigenvalue weighted by Crippen LogP contribution is 2.30. The molecule has 0 unspecified atom stereocenters. The van der Waals surface area contributed by atoms with Gasteiger partial charge < -0.3 is 10.1 Å². The maximum atomic E-state index is 12.7. The van der Waals surface area contributed by atoms with Crippen LogP contribution in [-0.2, 0) is 19.6 Å². The molecule has 1 N–H and O–H groups in total. The van der Waals surface area contributed by atoms with Gasteiger partial charge in [-0.25, -0.2) is 8.42 Å². The summed E-state index contributed by atoms with van der Waals surface area (Å²) >= 11 is 6.09. The minimum absolute atomic E-state index is 0.0208. The molecule has 0 atom stereocenters. The standard InChI is InChI=1S/C15H19ClN2O4S/c16-13-5-4-12(17-15(19)11-2-1-3-11)10-14(13)23(20,21)18-6-8-22-9-7-18/h4-5,10-11H,1-3,6-9H2,(H,17,19). The fourth-order valence-electron chi connectivity index (χ4n) is 2.62. The van der Waals surface area contributed by atoms with Gasteiger partial charge in [-0.3, -0.25) is 4.79 Å². The van der Waals surface area contributed by atoms with E-state index in [1.54, 1.807) is 6.07 Å². The molecule has 8 heteroatoms. The summed E-state index contributed by atoms with van der Waals surface area (Å²) < 4.78 is 32.0. The molecule has 1 aromatic rings. The highest BCUT2D eigenvalue weighted by molar-refractivity contribution is 7.89. The number of morpholine rings is 1. The molecule has 0 radical (unpaired) electrons. The van der Waals surface area contributed by atoms with E-state index in [1.165, 1.54) is 16.4 Å². The van der Waals surface area contributed by atoms with Gasteiger partial charge in [-0.15, -0.1) is 0 Å². The fourth-order valence-corrected chi connectivity index (χ4v) is 4.53. The van der Waals surface area contributed by atoms with Crippen molar-refractivity contribution in [1.29, 1.82) is 0 Å². The van der Waals surface area contributed by atoms with Crippen molar-refractivity contribution in [2.45, 2.75) is 24.2 Å². The number of sulfonamides is 1. The van der Waals surface area contributed by atoms with Crippen molar-refractivity contribution in [3.05, 3.63) is 23.2 Å². The Morgan fingerprint density at radius 1 is 1.26 bits per heavy atom. The van der Waals surface area contributed by atoms with Gasteiger partial charge in [0.2, 0.25) is 15.9 Å². The third-order valence-corrected chi connectivity index (χ3v) is 6.64. The highest BCUT2D eigenvalue weighted by atomic mass is 35.5. The van der Waals surface area contributed by atoms with Crippen LogP contribution in [0, 0.1) is 5.92 Å². The van der Waals surface area contributed by atoms with Crippen LogP contribution in [0.4, 0.5) is 5.69 Å². The zero-order valence-corrected chi connectivity index (χ0v) is 14.2. The van der Waals surface area contributed by atoms with E-state index in [0.29, 0.717) is 32.0 Å². The van der Waals surface area contributed by atoms with E-state index in [2.05, 4.69) is 5.32 Å². The number of amides is 1. The Morgan fingerprint density at radius 2 is 1.96 bits per heavy atom. The van der Waals surface area contributed by atoms with Crippen LogP contribution in [0.15, 0.2) is 23.1 Å². The summed E-state index contributed by atoms with van der Waals surface area (Å²) in [6.45, 7) is 1.35. The van der Waals surface area contributed by atoms with E-state index in [1.807, 2.05) is 0 Å². The largest absolute Gasteiger partial charge is 0.379 e. The number of halogens is 1. The van der Waals surface area contributed by atoms with Crippen molar-refractivity contribution in [3.8, 4) is 0 Å². The molecule has 2 aliphatic rings. The van der Waals surface area contributed by atoms with Crippen molar-refractivity contribution in [3.63, 3.8) is 0 Å². The fraction of sp³-hybridized carbons (Fsp3) is 0.533. The van der Waals surface area contributed by atoms with E-state index < -0.39 is 10.0 Å². The molecule has 6 nitrogen and oxygen atoms in total. The first kappa shape index (κ1) is 16.7. The maximum absolute atomic E-state index is 12.7. The van der Waals surface area contributed by atoms with Gasteiger partial charge in [0.1, 0.15) is 4.90 Å². The number of rotatable bonds is 4. The molecule has 1 aliphatic heterocycles. The summed E-state index contributed by atoms with van der Waals surface area (Å²) in [6.07, 6.45) is 2.84. The van der Waals surface area contributed by atoms with Gasteiger partial charge in [-0.2, -0.15) is 4.31 Å². The lowest BCUT2D eigenvalue weighted by Gasteiger charge is -2.27. The molecule has 0 spiro atoms. The molecular weight excluding hydrogens is 340 g/mol. The normalized spacial score (nSPS) is 20.0. The number of hydrogen-bond acceptors (Lipinski definition) is 4. The van der Waals surface area contributed by atoms with E-state index in [9.17, 15) is 13.2 Å². The average Bonchev–Trinajstić information content (AvgIpc) is 2.48. The SMILES string of the molecule is O=C(Nc1ccc(Cl)c(S(=O)(=O)N2CCOCC2)c1)C1CCC1. The molecule has 23 heavy (non-hydrogen) atoms. The van der Waals surface area contributed by atoms with Crippen LogP contribution in [0.5, 0.6) is 0 Å².